The third-order valence-corrected chi connectivity index (χ3v) is 6.70. The van der Waals surface area contributed by atoms with Crippen LogP contribution in [-0.2, 0) is 11.2 Å². The van der Waals surface area contributed by atoms with Crippen molar-refractivity contribution in [2.45, 2.75) is 78.5 Å². The molecule has 1 aliphatic rings. The summed E-state index contributed by atoms with van der Waals surface area (Å²) in [6, 6.07) is 10.3. The summed E-state index contributed by atoms with van der Waals surface area (Å²) < 4.78 is 41.4. The third-order valence-electron chi connectivity index (χ3n) is 6.70. The lowest BCUT2D eigenvalue weighted by molar-refractivity contribution is 0.0288. The van der Waals surface area contributed by atoms with E-state index in [4.69, 9.17) is 9.47 Å². The summed E-state index contributed by atoms with van der Waals surface area (Å²) >= 11 is 0. The summed E-state index contributed by atoms with van der Waals surface area (Å²) in [5.74, 6) is -1.99. The van der Waals surface area contributed by atoms with Crippen molar-refractivity contribution >= 4 is 12.0 Å². The molecule has 7 nitrogen and oxygen atoms in total. The number of hydrogen-bond donors (Lipinski definition) is 1. The highest BCUT2D eigenvalue weighted by Gasteiger charge is 2.34. The zero-order valence-corrected chi connectivity index (χ0v) is 24.8. The van der Waals surface area contributed by atoms with Crippen LogP contribution in [0.3, 0.4) is 0 Å². The van der Waals surface area contributed by atoms with Crippen LogP contribution in [0, 0.1) is 11.6 Å². The van der Waals surface area contributed by atoms with Crippen LogP contribution in [0.25, 0.3) is 11.1 Å². The molecular weight excluding hydrogens is 528 g/mol. The Kier molecular flexibility index (Phi) is 8.47. The van der Waals surface area contributed by atoms with Gasteiger partial charge in [0.15, 0.2) is 17.4 Å². The molecule has 1 saturated heterocycles. The lowest BCUT2D eigenvalue weighted by atomic mass is 9.99. The number of rotatable bonds is 6. The van der Waals surface area contributed by atoms with E-state index < -0.39 is 28.5 Å². The van der Waals surface area contributed by atoms with Crippen molar-refractivity contribution in [3.63, 3.8) is 0 Å². The van der Waals surface area contributed by atoms with E-state index in [-0.39, 0.29) is 23.8 Å². The number of benzene rings is 2. The van der Waals surface area contributed by atoms with Crippen molar-refractivity contribution in [1.29, 1.82) is 0 Å². The average Bonchev–Trinajstić information content (AvgIpc) is 3.50. The van der Waals surface area contributed by atoms with Crippen LogP contribution in [0.2, 0.25) is 0 Å². The minimum Gasteiger partial charge on any atom is -0.451 e. The molecule has 41 heavy (non-hydrogen) atoms. The van der Waals surface area contributed by atoms with Crippen LogP contribution in [0.4, 0.5) is 13.6 Å². The Balaban J connectivity index is 1.69. The molecule has 1 aromatic heterocycles. The van der Waals surface area contributed by atoms with E-state index in [1.807, 2.05) is 54.7 Å². The van der Waals surface area contributed by atoms with Crippen molar-refractivity contribution in [2.24, 2.45) is 0 Å². The Morgan fingerprint density at radius 2 is 1.63 bits per heavy atom. The van der Waals surface area contributed by atoms with Gasteiger partial charge in [0.25, 0.3) is 5.91 Å². The van der Waals surface area contributed by atoms with Crippen molar-refractivity contribution in [3.8, 4) is 22.6 Å². The molecule has 1 fully saturated rings. The first kappa shape index (κ1) is 30.1. The second-order valence-electron chi connectivity index (χ2n) is 12.4. The Labute approximate surface area is 240 Å². The molecule has 220 valence electrons. The van der Waals surface area contributed by atoms with Crippen LogP contribution in [-0.4, -0.2) is 45.7 Å². The summed E-state index contributed by atoms with van der Waals surface area (Å²) in [7, 11) is 0. The molecule has 1 atom stereocenters. The summed E-state index contributed by atoms with van der Waals surface area (Å²) in [4.78, 5) is 28.1. The molecule has 0 radical (unpaired) electrons. The highest BCUT2D eigenvalue weighted by atomic mass is 19.1. The van der Waals surface area contributed by atoms with E-state index in [0.717, 1.165) is 35.4 Å². The van der Waals surface area contributed by atoms with E-state index in [1.165, 1.54) is 6.07 Å². The summed E-state index contributed by atoms with van der Waals surface area (Å²) in [6.07, 6.45) is 2.94. The zero-order valence-electron chi connectivity index (χ0n) is 24.8. The molecule has 2 amide bonds. The molecule has 9 heteroatoms. The largest absolute Gasteiger partial charge is 0.451 e. The molecule has 3 aromatic rings. The quantitative estimate of drug-likeness (QED) is 0.335. The number of carbonyl (C=O) groups excluding carboxylic acids is 2. The van der Waals surface area contributed by atoms with Gasteiger partial charge in [-0.3, -0.25) is 4.79 Å². The molecule has 0 saturated carbocycles. The molecule has 1 aliphatic heterocycles. The maximum Gasteiger partial charge on any atom is 0.410 e. The van der Waals surface area contributed by atoms with Crippen LogP contribution < -0.4 is 10.1 Å². The van der Waals surface area contributed by atoms with Gasteiger partial charge < -0.3 is 24.3 Å². The van der Waals surface area contributed by atoms with Crippen LogP contribution in [0.15, 0.2) is 48.7 Å². The second kappa shape index (κ2) is 11.5. The standard InChI is InChI=1S/C32H39F2N3O4/c1-8-26-27(29(38)35-31(2,3)4)23(19-37(26)21-16-17-36(18-21)30(39)41-32(5,6)7)20-12-14-22(15-13-20)40-28-24(33)10-9-11-25(28)34/h9-15,19,21H,8,16-18H2,1-7H3,(H,35,38)/t21-/m1/s1. The number of para-hydroxylation sites is 1. The fourth-order valence-electron chi connectivity index (χ4n) is 4.99. The summed E-state index contributed by atoms with van der Waals surface area (Å²) in [5.41, 5.74) is 1.86. The Morgan fingerprint density at radius 3 is 2.20 bits per heavy atom. The first-order valence-electron chi connectivity index (χ1n) is 13.9. The number of amides is 2. The van der Waals surface area contributed by atoms with E-state index in [2.05, 4.69) is 9.88 Å². The molecule has 0 aliphatic carbocycles. The molecular formula is C32H39F2N3O4. The zero-order chi connectivity index (χ0) is 30.1. The predicted molar refractivity (Wildman–Crippen MR) is 154 cm³/mol. The number of ether oxygens (including phenoxy) is 2. The van der Waals surface area contributed by atoms with Gasteiger partial charge in [0.2, 0.25) is 0 Å². The van der Waals surface area contributed by atoms with E-state index in [9.17, 15) is 18.4 Å². The summed E-state index contributed by atoms with van der Waals surface area (Å²) in [5, 5.41) is 3.09. The smallest absolute Gasteiger partial charge is 0.410 e. The lowest BCUT2D eigenvalue weighted by Crippen LogP contribution is -2.41. The monoisotopic (exact) mass is 567 g/mol. The normalized spacial score (nSPS) is 15.6. The van der Waals surface area contributed by atoms with Gasteiger partial charge in [0.05, 0.1) is 11.6 Å². The third kappa shape index (κ3) is 7.07. The maximum absolute atomic E-state index is 14.1. The Bertz CT molecular complexity index is 1400. The lowest BCUT2D eigenvalue weighted by Gasteiger charge is -2.25. The van der Waals surface area contributed by atoms with Gasteiger partial charge in [0, 0.05) is 36.1 Å². The van der Waals surface area contributed by atoms with Gasteiger partial charge >= 0.3 is 6.09 Å². The van der Waals surface area contributed by atoms with Gasteiger partial charge in [-0.15, -0.1) is 0 Å². The fraction of sp³-hybridized carbons (Fsp3) is 0.438. The van der Waals surface area contributed by atoms with Crippen molar-refractivity contribution < 1.29 is 27.8 Å². The van der Waals surface area contributed by atoms with Gasteiger partial charge in [0.1, 0.15) is 11.4 Å². The highest BCUT2D eigenvalue weighted by molar-refractivity contribution is 6.02. The SMILES string of the molecule is CCc1c(C(=O)NC(C)(C)C)c(-c2ccc(Oc3c(F)cccc3F)cc2)cn1[C@@H]1CCN(C(=O)OC(C)(C)C)C1. The van der Waals surface area contributed by atoms with Crippen LogP contribution in [0.5, 0.6) is 11.5 Å². The van der Waals surface area contributed by atoms with Gasteiger partial charge in [-0.25, -0.2) is 13.6 Å². The number of halogens is 2. The van der Waals surface area contributed by atoms with Crippen molar-refractivity contribution in [2.75, 3.05) is 13.1 Å². The topological polar surface area (TPSA) is 72.8 Å². The van der Waals surface area contributed by atoms with Crippen molar-refractivity contribution in [1.82, 2.24) is 14.8 Å². The van der Waals surface area contributed by atoms with Gasteiger partial charge in [-0.05, 0) is 84.2 Å². The number of nitrogens with one attached hydrogen (secondary N) is 1. The molecule has 0 spiro atoms. The molecule has 4 rings (SSSR count). The molecule has 2 heterocycles. The minimum atomic E-state index is -0.795. The number of aromatic nitrogens is 1. The first-order chi connectivity index (χ1) is 19.2. The summed E-state index contributed by atoms with van der Waals surface area (Å²) in [6.45, 7) is 14.3. The van der Waals surface area contributed by atoms with E-state index in [0.29, 0.717) is 25.1 Å². The van der Waals surface area contributed by atoms with Crippen LogP contribution >= 0.6 is 0 Å². The second-order valence-corrected chi connectivity index (χ2v) is 12.4. The molecule has 0 bridgehead atoms. The molecule has 2 aromatic carbocycles. The minimum absolute atomic E-state index is 0.0287. The number of likely N-dealkylation sites (tertiary alicyclic amines) is 1. The first-order valence-corrected chi connectivity index (χ1v) is 13.9. The van der Waals surface area contributed by atoms with E-state index in [1.54, 1.807) is 29.2 Å². The average molecular weight is 568 g/mol. The highest BCUT2D eigenvalue weighted by Crippen LogP contribution is 2.36. The van der Waals surface area contributed by atoms with Crippen molar-refractivity contribution in [3.05, 3.63) is 71.6 Å². The maximum atomic E-state index is 14.1. The van der Waals surface area contributed by atoms with E-state index >= 15 is 0 Å². The predicted octanol–water partition coefficient (Wildman–Crippen LogP) is 7.50. The number of carbonyl (C=O) groups is 2. The van der Waals surface area contributed by atoms with Gasteiger partial charge in [-0.1, -0.05) is 25.1 Å². The molecule has 0 unspecified atom stereocenters. The van der Waals surface area contributed by atoms with Crippen LogP contribution in [0.1, 0.15) is 77.0 Å². The fourth-order valence-corrected chi connectivity index (χ4v) is 4.99. The Hall–Kier alpha value is -3.88. The Morgan fingerprint density at radius 1 is 1.00 bits per heavy atom. The number of hydrogen-bond acceptors (Lipinski definition) is 4. The van der Waals surface area contributed by atoms with Gasteiger partial charge in [-0.2, -0.15) is 0 Å². The molecule has 1 N–H and O–H groups in total. The number of nitrogens with zero attached hydrogens (tertiary/aromatic N) is 2.